The van der Waals surface area contributed by atoms with E-state index in [0.717, 1.165) is 19.2 Å². The third-order valence-electron chi connectivity index (χ3n) is 5.55. The fourth-order valence-corrected chi connectivity index (χ4v) is 4.58. The van der Waals surface area contributed by atoms with Crippen molar-refractivity contribution >= 4 is 21.5 Å². The van der Waals surface area contributed by atoms with Gasteiger partial charge in [-0.15, -0.1) is 0 Å². The van der Waals surface area contributed by atoms with Crippen LogP contribution in [0.25, 0.3) is 11.3 Å². The van der Waals surface area contributed by atoms with Gasteiger partial charge in [-0.1, -0.05) is 30.3 Å². The van der Waals surface area contributed by atoms with E-state index in [1.54, 1.807) is 0 Å². The molecule has 0 aliphatic heterocycles. The third kappa shape index (κ3) is 4.61. The second-order valence-electron chi connectivity index (χ2n) is 7.84. The molecule has 0 spiro atoms. The standard InChI is InChI=1S/C22H16F10O4S/c1-35-16-11-10-15-14(17(16)23)9-5-8-13(12-6-3-2-4-7-12)18(15)36-37(33,34)22(31,32)20(26,27)19(24,25)21(28,29)30/h2-4,6-7,10-11H,5,8-9H2,1H3. The van der Waals surface area contributed by atoms with E-state index < -0.39 is 50.5 Å². The number of hydrogen-bond acceptors (Lipinski definition) is 4. The average Bonchev–Trinajstić information content (AvgIpc) is 2.98. The van der Waals surface area contributed by atoms with Gasteiger partial charge in [0.15, 0.2) is 17.3 Å². The van der Waals surface area contributed by atoms with Gasteiger partial charge in [0.25, 0.3) is 0 Å². The lowest BCUT2D eigenvalue weighted by molar-refractivity contribution is -0.382. The van der Waals surface area contributed by atoms with E-state index in [4.69, 9.17) is 4.74 Å². The molecule has 0 heterocycles. The minimum Gasteiger partial charge on any atom is -0.494 e. The largest absolute Gasteiger partial charge is 0.494 e. The van der Waals surface area contributed by atoms with E-state index in [1.807, 2.05) is 0 Å². The highest BCUT2D eigenvalue weighted by molar-refractivity contribution is 7.88. The fraction of sp³-hybridized carbons (Fsp3) is 0.364. The maximum atomic E-state index is 14.9. The van der Waals surface area contributed by atoms with E-state index in [-0.39, 0.29) is 41.7 Å². The van der Waals surface area contributed by atoms with Gasteiger partial charge in [-0.25, -0.2) is 4.39 Å². The van der Waals surface area contributed by atoms with Crippen molar-refractivity contribution < 1.29 is 61.2 Å². The first-order valence-corrected chi connectivity index (χ1v) is 11.6. The SMILES string of the molecule is COc1ccc2c(c1F)CCCC(c1ccccc1)=C2OS(=O)(=O)C(F)(F)C(F)(F)C(F)(F)C(F)(F)F. The van der Waals surface area contributed by atoms with Crippen molar-refractivity contribution in [3.05, 3.63) is 65.0 Å². The Balaban J connectivity index is 2.26. The molecule has 0 saturated heterocycles. The molecule has 0 fully saturated rings. The molecule has 0 N–H and O–H groups in total. The normalized spacial score (nSPS) is 15.8. The van der Waals surface area contributed by atoms with Crippen molar-refractivity contribution in [1.29, 1.82) is 0 Å². The van der Waals surface area contributed by atoms with E-state index in [1.165, 1.54) is 30.3 Å². The van der Waals surface area contributed by atoms with Gasteiger partial charge in [0, 0.05) is 16.7 Å². The zero-order chi connectivity index (χ0) is 28.0. The fourth-order valence-electron chi connectivity index (χ4n) is 3.62. The molecule has 0 unspecified atom stereocenters. The summed E-state index contributed by atoms with van der Waals surface area (Å²) >= 11 is 0. The Kier molecular flexibility index (Phi) is 7.27. The summed E-state index contributed by atoms with van der Waals surface area (Å²) in [6.45, 7) is 0. The van der Waals surface area contributed by atoms with Crippen LogP contribution in [0.2, 0.25) is 0 Å². The van der Waals surface area contributed by atoms with Crippen molar-refractivity contribution in [3.8, 4) is 5.75 Å². The van der Waals surface area contributed by atoms with Gasteiger partial charge >= 0.3 is 33.4 Å². The molecule has 4 nitrogen and oxygen atoms in total. The number of ether oxygens (including phenoxy) is 1. The summed E-state index contributed by atoms with van der Waals surface area (Å²) in [5.74, 6) is -17.5. The van der Waals surface area contributed by atoms with Gasteiger partial charge < -0.3 is 8.92 Å². The van der Waals surface area contributed by atoms with Crippen LogP contribution in [0.4, 0.5) is 43.9 Å². The summed E-state index contributed by atoms with van der Waals surface area (Å²) in [6, 6.07) is 8.90. The molecule has 0 saturated carbocycles. The molecule has 2 aromatic rings. The Morgan fingerprint density at radius 1 is 0.811 bits per heavy atom. The quantitative estimate of drug-likeness (QED) is 0.273. The van der Waals surface area contributed by atoms with Crippen LogP contribution in [0, 0.1) is 5.82 Å². The first-order valence-electron chi connectivity index (χ1n) is 10.2. The number of allylic oxidation sites excluding steroid dienone is 1. The van der Waals surface area contributed by atoms with Crippen molar-refractivity contribution in [3.63, 3.8) is 0 Å². The molecule has 37 heavy (non-hydrogen) atoms. The lowest BCUT2D eigenvalue weighted by Gasteiger charge is -2.33. The Labute approximate surface area is 203 Å². The highest BCUT2D eigenvalue weighted by atomic mass is 32.2. The summed E-state index contributed by atoms with van der Waals surface area (Å²) in [6.07, 6.45) is -7.54. The molecule has 3 rings (SSSR count). The number of alkyl halides is 9. The van der Waals surface area contributed by atoms with E-state index in [0.29, 0.717) is 0 Å². The second-order valence-corrected chi connectivity index (χ2v) is 9.42. The van der Waals surface area contributed by atoms with Crippen LogP contribution in [0.1, 0.15) is 29.5 Å². The van der Waals surface area contributed by atoms with Crippen LogP contribution in [0.5, 0.6) is 5.75 Å². The zero-order valence-corrected chi connectivity index (χ0v) is 19.3. The van der Waals surface area contributed by atoms with Gasteiger partial charge in [-0.2, -0.15) is 47.9 Å². The number of benzene rings is 2. The van der Waals surface area contributed by atoms with Crippen LogP contribution in [-0.4, -0.2) is 38.8 Å². The van der Waals surface area contributed by atoms with Crippen molar-refractivity contribution in [2.75, 3.05) is 7.11 Å². The average molecular weight is 566 g/mol. The molecular weight excluding hydrogens is 550 g/mol. The predicted octanol–water partition coefficient (Wildman–Crippen LogP) is 6.81. The topological polar surface area (TPSA) is 52.6 Å². The molecule has 0 aromatic heterocycles. The second kappa shape index (κ2) is 9.40. The smallest absolute Gasteiger partial charge is 0.460 e. The molecule has 2 aromatic carbocycles. The highest BCUT2D eigenvalue weighted by Gasteiger charge is 2.86. The maximum Gasteiger partial charge on any atom is 0.460 e. The van der Waals surface area contributed by atoms with Crippen molar-refractivity contribution in [2.45, 2.75) is 42.5 Å². The molecule has 1 aliphatic rings. The van der Waals surface area contributed by atoms with Gasteiger partial charge in [0.1, 0.15) is 0 Å². The molecule has 0 amide bonds. The first kappa shape index (κ1) is 28.6. The van der Waals surface area contributed by atoms with Crippen LogP contribution in [0.15, 0.2) is 42.5 Å². The molecular formula is C22H16F10O4S. The van der Waals surface area contributed by atoms with Gasteiger partial charge in [0.05, 0.1) is 7.11 Å². The minimum atomic E-state index is -7.48. The Morgan fingerprint density at radius 3 is 1.95 bits per heavy atom. The van der Waals surface area contributed by atoms with E-state index >= 15 is 0 Å². The molecule has 0 atom stereocenters. The Morgan fingerprint density at radius 2 is 1.41 bits per heavy atom. The van der Waals surface area contributed by atoms with Crippen LogP contribution >= 0.6 is 0 Å². The van der Waals surface area contributed by atoms with E-state index in [2.05, 4.69) is 4.18 Å². The number of hydrogen-bond donors (Lipinski definition) is 0. The predicted molar refractivity (Wildman–Crippen MR) is 110 cm³/mol. The number of halogens is 10. The maximum absolute atomic E-state index is 14.9. The van der Waals surface area contributed by atoms with Crippen molar-refractivity contribution in [1.82, 2.24) is 0 Å². The van der Waals surface area contributed by atoms with Crippen LogP contribution in [0.3, 0.4) is 0 Å². The summed E-state index contributed by atoms with van der Waals surface area (Å²) < 4.78 is 169. The molecule has 0 bridgehead atoms. The monoisotopic (exact) mass is 566 g/mol. The third-order valence-corrected chi connectivity index (χ3v) is 6.82. The number of rotatable bonds is 7. The summed E-state index contributed by atoms with van der Waals surface area (Å²) in [5, 5.41) is -7.08. The lowest BCUT2D eigenvalue weighted by atomic mass is 9.98. The van der Waals surface area contributed by atoms with Gasteiger partial charge in [-0.05, 0) is 37.0 Å². The minimum absolute atomic E-state index is 0.0485. The molecule has 1 aliphatic carbocycles. The summed E-state index contributed by atoms with van der Waals surface area (Å²) in [7, 11) is -6.18. The first-order chi connectivity index (χ1) is 16.9. The van der Waals surface area contributed by atoms with Gasteiger partial charge in [-0.3, -0.25) is 0 Å². The molecule has 15 heteroatoms. The number of methoxy groups -OCH3 is 1. The highest BCUT2D eigenvalue weighted by Crippen LogP contribution is 2.55. The molecule has 0 radical (unpaired) electrons. The summed E-state index contributed by atoms with van der Waals surface area (Å²) in [5.41, 5.74) is -0.993. The lowest BCUT2D eigenvalue weighted by Crippen LogP contribution is -2.63. The number of fused-ring (bicyclic) bond motifs is 1. The van der Waals surface area contributed by atoms with E-state index in [9.17, 15) is 52.3 Å². The Hall–Kier alpha value is -2.97. The van der Waals surface area contributed by atoms with Crippen LogP contribution in [-0.2, 0) is 20.7 Å². The molecule has 204 valence electrons. The van der Waals surface area contributed by atoms with Crippen LogP contribution < -0.4 is 4.74 Å². The summed E-state index contributed by atoms with van der Waals surface area (Å²) in [4.78, 5) is 0. The van der Waals surface area contributed by atoms with Crippen molar-refractivity contribution in [2.24, 2.45) is 0 Å². The van der Waals surface area contributed by atoms with Gasteiger partial charge in [0.2, 0.25) is 0 Å². The Bertz CT molecular complexity index is 1300. The zero-order valence-electron chi connectivity index (χ0n) is 18.5.